The minimum atomic E-state index is -0.403. The lowest BCUT2D eigenvalue weighted by Crippen LogP contribution is -2.34. The largest absolute Gasteiger partial charge is 0.393 e. The molecule has 0 aromatic heterocycles. The van der Waals surface area contributed by atoms with E-state index in [1.807, 2.05) is 60.7 Å². The molecule has 0 aliphatic rings. The summed E-state index contributed by atoms with van der Waals surface area (Å²) < 4.78 is 0. The first kappa shape index (κ1) is 17.0. The predicted octanol–water partition coefficient (Wildman–Crippen LogP) is 2.77. The van der Waals surface area contributed by atoms with Gasteiger partial charge < -0.3 is 15.7 Å². The summed E-state index contributed by atoms with van der Waals surface area (Å²) in [6.07, 6.45) is 0.218. The van der Waals surface area contributed by atoms with Gasteiger partial charge in [-0.3, -0.25) is 4.79 Å². The second-order valence-electron chi connectivity index (χ2n) is 5.72. The van der Waals surface area contributed by atoms with Crippen molar-refractivity contribution in [2.45, 2.75) is 25.4 Å². The summed E-state index contributed by atoms with van der Waals surface area (Å²) in [7, 11) is 0. The molecule has 2 atom stereocenters. The number of para-hydroxylation sites is 1. The Kier molecular flexibility index (Phi) is 6.63. The summed E-state index contributed by atoms with van der Waals surface area (Å²) in [5.74, 6) is 0.0530. The van der Waals surface area contributed by atoms with Crippen molar-refractivity contribution in [3.63, 3.8) is 0 Å². The van der Waals surface area contributed by atoms with E-state index >= 15 is 0 Å². The number of carbonyl (C=O) groups excluding carboxylic acids is 1. The molecule has 0 heterocycles. The molecule has 0 radical (unpaired) electrons. The Balaban J connectivity index is 1.84. The maximum atomic E-state index is 12.0. The minimum absolute atomic E-state index is 0.0552. The molecule has 0 saturated carbocycles. The standard InChI is InChI=1S/C19H24N2O2/c1-15(22)12-17(16-8-4-2-5-9-16)13-21-19(23)14-20-18-10-6-3-7-11-18/h2-11,15,17,20,22H,12-14H2,1H3,(H,21,23). The first-order valence-corrected chi connectivity index (χ1v) is 7.94. The zero-order valence-corrected chi connectivity index (χ0v) is 13.4. The average Bonchev–Trinajstić information content (AvgIpc) is 2.58. The van der Waals surface area contributed by atoms with Gasteiger partial charge in [0.15, 0.2) is 0 Å². The number of aliphatic hydroxyl groups is 1. The zero-order valence-electron chi connectivity index (χ0n) is 13.4. The molecule has 2 aromatic carbocycles. The quantitative estimate of drug-likeness (QED) is 0.702. The van der Waals surface area contributed by atoms with E-state index in [9.17, 15) is 9.90 Å². The predicted molar refractivity (Wildman–Crippen MR) is 93.4 cm³/mol. The molecule has 0 bridgehead atoms. The number of hydrogen-bond donors (Lipinski definition) is 3. The van der Waals surface area contributed by atoms with Gasteiger partial charge in [-0.2, -0.15) is 0 Å². The molecule has 2 rings (SSSR count). The van der Waals surface area contributed by atoms with Gasteiger partial charge in [0.25, 0.3) is 0 Å². The number of benzene rings is 2. The molecule has 2 unspecified atom stereocenters. The first-order valence-electron chi connectivity index (χ1n) is 7.94. The van der Waals surface area contributed by atoms with Gasteiger partial charge in [0, 0.05) is 18.2 Å². The van der Waals surface area contributed by atoms with Crippen LogP contribution in [0.5, 0.6) is 0 Å². The molecular weight excluding hydrogens is 288 g/mol. The average molecular weight is 312 g/mol. The van der Waals surface area contributed by atoms with E-state index < -0.39 is 6.10 Å². The third kappa shape index (κ3) is 6.12. The van der Waals surface area contributed by atoms with Crippen LogP contribution in [0.1, 0.15) is 24.8 Å². The van der Waals surface area contributed by atoms with Crippen molar-refractivity contribution in [2.24, 2.45) is 0 Å². The van der Waals surface area contributed by atoms with Crippen LogP contribution in [0.15, 0.2) is 60.7 Å². The number of rotatable bonds is 8. The highest BCUT2D eigenvalue weighted by Crippen LogP contribution is 2.20. The molecule has 0 fully saturated rings. The smallest absolute Gasteiger partial charge is 0.239 e. The van der Waals surface area contributed by atoms with Crippen LogP contribution in [0.25, 0.3) is 0 Å². The van der Waals surface area contributed by atoms with Gasteiger partial charge in [-0.15, -0.1) is 0 Å². The number of anilines is 1. The molecule has 0 aliphatic carbocycles. The molecule has 4 nitrogen and oxygen atoms in total. The normalized spacial score (nSPS) is 13.1. The van der Waals surface area contributed by atoms with E-state index in [0.29, 0.717) is 13.0 Å². The summed E-state index contributed by atoms with van der Waals surface area (Å²) in [6, 6.07) is 19.6. The Morgan fingerprint density at radius 3 is 2.26 bits per heavy atom. The summed E-state index contributed by atoms with van der Waals surface area (Å²) in [5.41, 5.74) is 2.05. The van der Waals surface area contributed by atoms with Crippen molar-refractivity contribution >= 4 is 11.6 Å². The maximum Gasteiger partial charge on any atom is 0.239 e. The van der Waals surface area contributed by atoms with Gasteiger partial charge in [0.1, 0.15) is 0 Å². The van der Waals surface area contributed by atoms with E-state index in [-0.39, 0.29) is 18.4 Å². The number of aliphatic hydroxyl groups excluding tert-OH is 1. The molecular formula is C19H24N2O2. The molecule has 23 heavy (non-hydrogen) atoms. The second kappa shape index (κ2) is 8.96. The highest BCUT2D eigenvalue weighted by Gasteiger charge is 2.15. The fourth-order valence-corrected chi connectivity index (χ4v) is 2.51. The van der Waals surface area contributed by atoms with Gasteiger partial charge in [0.05, 0.1) is 12.6 Å². The number of amides is 1. The number of carbonyl (C=O) groups is 1. The topological polar surface area (TPSA) is 61.4 Å². The van der Waals surface area contributed by atoms with Crippen LogP contribution in [0.2, 0.25) is 0 Å². The maximum absolute atomic E-state index is 12.0. The Morgan fingerprint density at radius 1 is 1.04 bits per heavy atom. The number of nitrogens with one attached hydrogen (secondary N) is 2. The van der Waals surface area contributed by atoms with E-state index in [2.05, 4.69) is 10.6 Å². The van der Waals surface area contributed by atoms with Crippen molar-refractivity contribution in [3.05, 3.63) is 66.2 Å². The van der Waals surface area contributed by atoms with Crippen LogP contribution in [0.3, 0.4) is 0 Å². The Labute approximate surface area is 137 Å². The zero-order chi connectivity index (χ0) is 16.5. The van der Waals surface area contributed by atoms with Gasteiger partial charge in [0.2, 0.25) is 5.91 Å². The van der Waals surface area contributed by atoms with Gasteiger partial charge in [-0.1, -0.05) is 48.5 Å². The first-order chi connectivity index (χ1) is 11.1. The van der Waals surface area contributed by atoms with Crippen LogP contribution in [-0.2, 0) is 4.79 Å². The molecule has 4 heteroatoms. The molecule has 1 amide bonds. The van der Waals surface area contributed by atoms with Crippen LogP contribution in [0.4, 0.5) is 5.69 Å². The fourth-order valence-electron chi connectivity index (χ4n) is 2.51. The van der Waals surface area contributed by atoms with Crippen LogP contribution < -0.4 is 10.6 Å². The van der Waals surface area contributed by atoms with E-state index in [1.165, 1.54) is 0 Å². The van der Waals surface area contributed by atoms with Crippen molar-refractivity contribution in [1.82, 2.24) is 5.32 Å². The summed E-state index contributed by atoms with van der Waals surface area (Å²) in [4.78, 5) is 12.0. The van der Waals surface area contributed by atoms with Gasteiger partial charge in [-0.25, -0.2) is 0 Å². The molecule has 0 saturated heterocycles. The van der Waals surface area contributed by atoms with E-state index in [0.717, 1.165) is 11.3 Å². The third-order valence-electron chi connectivity index (χ3n) is 3.67. The summed E-state index contributed by atoms with van der Waals surface area (Å²) in [6.45, 7) is 2.53. The Hall–Kier alpha value is -2.33. The summed E-state index contributed by atoms with van der Waals surface area (Å²) >= 11 is 0. The fraction of sp³-hybridized carbons (Fsp3) is 0.316. The number of hydrogen-bond acceptors (Lipinski definition) is 3. The highest BCUT2D eigenvalue weighted by molar-refractivity contribution is 5.80. The van der Waals surface area contributed by atoms with Crippen LogP contribution in [-0.4, -0.2) is 30.2 Å². The lowest BCUT2D eigenvalue weighted by molar-refractivity contribution is -0.119. The van der Waals surface area contributed by atoms with Gasteiger partial charge in [-0.05, 0) is 31.0 Å². The van der Waals surface area contributed by atoms with Gasteiger partial charge >= 0.3 is 0 Å². The van der Waals surface area contributed by atoms with Crippen LogP contribution in [0, 0.1) is 0 Å². The highest BCUT2D eigenvalue weighted by atomic mass is 16.3. The SMILES string of the molecule is CC(O)CC(CNC(=O)CNc1ccccc1)c1ccccc1. The monoisotopic (exact) mass is 312 g/mol. The molecule has 122 valence electrons. The minimum Gasteiger partial charge on any atom is -0.393 e. The van der Waals surface area contributed by atoms with Crippen LogP contribution >= 0.6 is 0 Å². The molecule has 0 aliphatic heterocycles. The van der Waals surface area contributed by atoms with E-state index in [1.54, 1.807) is 6.92 Å². The van der Waals surface area contributed by atoms with Crippen molar-refractivity contribution in [1.29, 1.82) is 0 Å². The van der Waals surface area contributed by atoms with E-state index in [4.69, 9.17) is 0 Å². The Morgan fingerprint density at radius 2 is 1.65 bits per heavy atom. The Bertz CT molecular complexity index is 585. The lowest BCUT2D eigenvalue weighted by Gasteiger charge is -2.20. The van der Waals surface area contributed by atoms with Crippen molar-refractivity contribution in [3.8, 4) is 0 Å². The van der Waals surface area contributed by atoms with Crippen molar-refractivity contribution < 1.29 is 9.90 Å². The third-order valence-corrected chi connectivity index (χ3v) is 3.67. The molecule has 2 aromatic rings. The van der Waals surface area contributed by atoms with Crippen molar-refractivity contribution in [2.75, 3.05) is 18.4 Å². The molecule has 3 N–H and O–H groups in total. The summed E-state index contributed by atoms with van der Waals surface area (Å²) in [5, 5.41) is 15.7. The molecule has 0 spiro atoms. The lowest BCUT2D eigenvalue weighted by atomic mass is 9.93. The second-order valence-corrected chi connectivity index (χ2v) is 5.72.